The Kier molecular flexibility index (Phi) is 3.77. The molecule has 0 spiro atoms. The first-order chi connectivity index (χ1) is 10.2. The predicted molar refractivity (Wildman–Crippen MR) is 82.0 cm³/mol. The number of hydrogen-bond donors (Lipinski definition) is 1. The zero-order valence-electron chi connectivity index (χ0n) is 11.8. The van der Waals surface area contributed by atoms with Gasteiger partial charge in [-0.3, -0.25) is 4.79 Å². The van der Waals surface area contributed by atoms with Crippen molar-refractivity contribution in [3.8, 4) is 5.75 Å². The second kappa shape index (κ2) is 5.87. The largest absolute Gasteiger partial charge is 0.494 e. The Morgan fingerprint density at radius 3 is 2.81 bits per heavy atom. The fourth-order valence-electron chi connectivity index (χ4n) is 2.52. The van der Waals surface area contributed by atoms with E-state index >= 15 is 0 Å². The second-order valence-corrected chi connectivity index (χ2v) is 5.20. The summed E-state index contributed by atoms with van der Waals surface area (Å²) in [5.74, 6) is 0.347. The Labute approximate surface area is 124 Å². The van der Waals surface area contributed by atoms with E-state index in [0.29, 0.717) is 12.2 Å². The quantitative estimate of drug-likeness (QED) is 0.814. The van der Waals surface area contributed by atoms with E-state index in [9.17, 15) is 4.79 Å². The van der Waals surface area contributed by atoms with E-state index in [-0.39, 0.29) is 0 Å². The molecule has 21 heavy (non-hydrogen) atoms. The first-order valence-electron chi connectivity index (χ1n) is 7.08. The van der Waals surface area contributed by atoms with E-state index in [2.05, 4.69) is 29.3 Å². The summed E-state index contributed by atoms with van der Waals surface area (Å²) < 4.78 is 5.67. The smallest absolute Gasteiger partial charge is 0.248 e. The van der Waals surface area contributed by atoms with Gasteiger partial charge in [0, 0.05) is 24.9 Å². The topological polar surface area (TPSA) is 55.6 Å². The lowest BCUT2D eigenvalue weighted by Crippen LogP contribution is -2.18. The van der Waals surface area contributed by atoms with Crippen molar-refractivity contribution in [2.75, 3.05) is 19.7 Å². The van der Waals surface area contributed by atoms with Crippen LogP contribution < -0.4 is 10.5 Å². The van der Waals surface area contributed by atoms with Crippen molar-refractivity contribution in [1.29, 1.82) is 0 Å². The van der Waals surface area contributed by atoms with Crippen LogP contribution in [0.3, 0.4) is 0 Å². The lowest BCUT2D eigenvalue weighted by atomic mass is 10.2. The Balaban J connectivity index is 1.41. The molecule has 4 heteroatoms. The highest BCUT2D eigenvalue weighted by Crippen LogP contribution is 2.26. The van der Waals surface area contributed by atoms with Gasteiger partial charge in [0.15, 0.2) is 0 Å². The van der Waals surface area contributed by atoms with Gasteiger partial charge in [0.1, 0.15) is 5.75 Å². The van der Waals surface area contributed by atoms with Crippen LogP contribution in [-0.4, -0.2) is 30.5 Å². The Hall–Kier alpha value is -2.49. The molecular weight excluding hydrogens is 264 g/mol. The molecule has 0 saturated heterocycles. The Morgan fingerprint density at radius 2 is 2.10 bits per heavy atom. The highest BCUT2D eigenvalue weighted by Gasteiger charge is 2.17. The molecule has 0 fully saturated rings. The van der Waals surface area contributed by atoms with Crippen LogP contribution >= 0.6 is 0 Å². The molecule has 0 unspecified atom stereocenters. The number of carbonyl (C=O) groups excluding carboxylic acids is 1. The van der Waals surface area contributed by atoms with Gasteiger partial charge in [0.25, 0.3) is 0 Å². The number of ether oxygens (including phenoxy) is 1. The molecule has 0 radical (unpaired) electrons. The normalized spacial score (nSPS) is 15.7. The molecule has 3 rings (SSSR count). The predicted octanol–water partition coefficient (Wildman–Crippen LogP) is 2.25. The van der Waals surface area contributed by atoms with Gasteiger partial charge in [-0.1, -0.05) is 18.2 Å². The van der Waals surface area contributed by atoms with Crippen LogP contribution in [0.4, 0.5) is 0 Å². The van der Waals surface area contributed by atoms with Gasteiger partial charge in [0.2, 0.25) is 5.91 Å². The third kappa shape index (κ3) is 3.16. The van der Waals surface area contributed by atoms with Crippen LogP contribution in [0.2, 0.25) is 0 Å². The van der Waals surface area contributed by atoms with Gasteiger partial charge in [-0.2, -0.15) is 0 Å². The van der Waals surface area contributed by atoms with Crippen molar-refractivity contribution in [2.24, 2.45) is 5.73 Å². The first kappa shape index (κ1) is 13.5. The third-order valence-electron chi connectivity index (χ3n) is 3.64. The number of fused-ring (bicyclic) bond motifs is 1. The summed E-state index contributed by atoms with van der Waals surface area (Å²) in [6, 6.07) is 6.92. The van der Waals surface area contributed by atoms with E-state index in [1.807, 2.05) is 0 Å². The summed E-state index contributed by atoms with van der Waals surface area (Å²) in [5.41, 5.74) is 8.43. The van der Waals surface area contributed by atoms with Crippen LogP contribution in [0.25, 0.3) is 0 Å². The van der Waals surface area contributed by atoms with Crippen molar-refractivity contribution in [2.45, 2.75) is 6.42 Å². The van der Waals surface area contributed by atoms with E-state index in [0.717, 1.165) is 25.3 Å². The lowest BCUT2D eigenvalue weighted by Gasteiger charge is -2.15. The zero-order valence-corrected chi connectivity index (χ0v) is 11.8. The van der Waals surface area contributed by atoms with Gasteiger partial charge in [0.05, 0.1) is 6.61 Å². The first-order valence-corrected chi connectivity index (χ1v) is 7.08. The average molecular weight is 282 g/mol. The maximum atomic E-state index is 11.0. The molecule has 1 aliphatic heterocycles. The Morgan fingerprint density at radius 1 is 1.29 bits per heavy atom. The fourth-order valence-corrected chi connectivity index (χ4v) is 2.52. The minimum atomic E-state index is -0.419. The molecule has 1 aromatic rings. The number of amides is 1. The summed E-state index contributed by atoms with van der Waals surface area (Å²) in [6.07, 6.45) is 9.57. The number of benzene rings is 1. The maximum Gasteiger partial charge on any atom is 0.248 e. The number of nitrogens with two attached hydrogens (primary N) is 1. The van der Waals surface area contributed by atoms with Crippen molar-refractivity contribution in [3.05, 3.63) is 65.4 Å². The standard InChI is InChI=1S/C17H18N2O2/c18-17(20)13-5-7-16(8-6-13)21-10-2-9-19-11-14-3-1-4-15(14)12-19/h1,3-8,11H,2,9-10,12H2,(H2,18,20). The van der Waals surface area contributed by atoms with E-state index in [4.69, 9.17) is 10.5 Å². The summed E-state index contributed by atoms with van der Waals surface area (Å²) in [5, 5.41) is 0. The summed E-state index contributed by atoms with van der Waals surface area (Å²) in [7, 11) is 0. The average Bonchev–Trinajstić information content (AvgIpc) is 3.05. The van der Waals surface area contributed by atoms with Crippen molar-refractivity contribution < 1.29 is 9.53 Å². The van der Waals surface area contributed by atoms with Crippen molar-refractivity contribution >= 4 is 5.91 Å². The molecule has 0 aromatic heterocycles. The van der Waals surface area contributed by atoms with Crippen LogP contribution in [0, 0.1) is 0 Å². The summed E-state index contributed by atoms with van der Waals surface area (Å²) in [6.45, 7) is 2.63. The summed E-state index contributed by atoms with van der Waals surface area (Å²) in [4.78, 5) is 13.3. The molecule has 1 heterocycles. The Bertz CT molecular complexity index is 627. The second-order valence-electron chi connectivity index (χ2n) is 5.20. The van der Waals surface area contributed by atoms with E-state index in [1.54, 1.807) is 24.3 Å². The van der Waals surface area contributed by atoms with Crippen molar-refractivity contribution in [1.82, 2.24) is 4.90 Å². The highest BCUT2D eigenvalue weighted by molar-refractivity contribution is 5.92. The van der Waals surface area contributed by atoms with Crippen LogP contribution in [0.5, 0.6) is 5.75 Å². The van der Waals surface area contributed by atoms with E-state index in [1.165, 1.54) is 11.1 Å². The molecule has 0 bridgehead atoms. The molecule has 0 atom stereocenters. The molecule has 1 aliphatic carbocycles. The zero-order chi connectivity index (χ0) is 14.7. The van der Waals surface area contributed by atoms with Gasteiger partial charge in [-0.25, -0.2) is 0 Å². The highest BCUT2D eigenvalue weighted by atomic mass is 16.5. The number of rotatable bonds is 6. The molecule has 1 amide bonds. The number of allylic oxidation sites excluding steroid dienone is 3. The fraction of sp³-hybridized carbons (Fsp3) is 0.235. The van der Waals surface area contributed by atoms with Gasteiger partial charge < -0.3 is 15.4 Å². The molecule has 2 aliphatic rings. The third-order valence-corrected chi connectivity index (χ3v) is 3.64. The van der Waals surface area contributed by atoms with Gasteiger partial charge >= 0.3 is 0 Å². The number of carbonyl (C=O) groups is 1. The van der Waals surface area contributed by atoms with Crippen LogP contribution in [0.15, 0.2) is 59.8 Å². The SMILES string of the molecule is NC(=O)c1ccc(OCCCN2C=C3C=CC=C3C2)cc1. The summed E-state index contributed by atoms with van der Waals surface area (Å²) >= 11 is 0. The van der Waals surface area contributed by atoms with Crippen LogP contribution in [0.1, 0.15) is 16.8 Å². The van der Waals surface area contributed by atoms with E-state index < -0.39 is 5.91 Å². The van der Waals surface area contributed by atoms with Crippen LogP contribution in [-0.2, 0) is 0 Å². The number of nitrogens with zero attached hydrogens (tertiary/aromatic N) is 1. The molecule has 4 nitrogen and oxygen atoms in total. The van der Waals surface area contributed by atoms with Gasteiger partial charge in [-0.05, 0) is 41.8 Å². The lowest BCUT2D eigenvalue weighted by molar-refractivity contribution is 0.100. The molecular formula is C17H18N2O2. The number of hydrogen-bond acceptors (Lipinski definition) is 3. The molecule has 0 saturated carbocycles. The maximum absolute atomic E-state index is 11.0. The van der Waals surface area contributed by atoms with Gasteiger partial charge in [-0.15, -0.1) is 0 Å². The molecule has 1 aromatic carbocycles. The minimum absolute atomic E-state index is 0.419. The monoisotopic (exact) mass is 282 g/mol. The van der Waals surface area contributed by atoms with Crippen molar-refractivity contribution in [3.63, 3.8) is 0 Å². The molecule has 108 valence electrons. The minimum Gasteiger partial charge on any atom is -0.494 e. The molecule has 2 N–H and O–H groups in total. The number of primary amides is 1.